The molecule has 2 aromatic carbocycles. The Kier molecular flexibility index (Phi) is 4.53. The van der Waals surface area contributed by atoms with Gasteiger partial charge in [-0.25, -0.2) is 0 Å². The van der Waals surface area contributed by atoms with Crippen molar-refractivity contribution >= 4 is 38.4 Å². The van der Waals surface area contributed by atoms with Gasteiger partial charge in [-0.2, -0.15) is 0 Å². The van der Waals surface area contributed by atoms with Crippen molar-refractivity contribution in [1.29, 1.82) is 0 Å². The molecule has 0 unspecified atom stereocenters. The lowest BCUT2D eigenvalue weighted by Crippen LogP contribution is -2.23. The fourth-order valence-corrected chi connectivity index (χ4v) is 3.26. The van der Waals surface area contributed by atoms with Crippen molar-refractivity contribution in [2.45, 2.75) is 20.4 Å². The number of rotatable bonds is 3. The van der Waals surface area contributed by atoms with E-state index in [1.54, 1.807) is 6.07 Å². The number of hydrogen-bond donors (Lipinski definition) is 1. The van der Waals surface area contributed by atoms with Crippen molar-refractivity contribution in [1.82, 2.24) is 4.57 Å². The Hall–Kier alpha value is -2.40. The summed E-state index contributed by atoms with van der Waals surface area (Å²) < 4.78 is 2.38. The molecule has 1 aromatic heterocycles. The molecule has 3 aromatic rings. The van der Waals surface area contributed by atoms with Gasteiger partial charge in [0.25, 0.3) is 0 Å². The lowest BCUT2D eigenvalue weighted by atomic mass is 10.1. The van der Waals surface area contributed by atoms with E-state index >= 15 is 0 Å². The fourth-order valence-electron chi connectivity index (χ4n) is 2.83. The molecule has 5 heteroatoms. The first kappa shape index (κ1) is 16.5. The molecule has 3 rings (SSSR count). The number of halogens is 1. The van der Waals surface area contributed by atoms with Crippen LogP contribution in [0.2, 0.25) is 0 Å². The van der Waals surface area contributed by atoms with Gasteiger partial charge in [-0.3, -0.25) is 9.59 Å². The Morgan fingerprint density at radius 1 is 1.08 bits per heavy atom. The maximum Gasteiger partial charge on any atom is 0.244 e. The molecule has 0 fully saturated rings. The molecule has 0 radical (unpaired) electrons. The number of carbonyl (C=O) groups is 1. The van der Waals surface area contributed by atoms with Crippen molar-refractivity contribution in [3.8, 4) is 0 Å². The van der Waals surface area contributed by atoms with Crippen molar-refractivity contribution in [2.75, 3.05) is 5.32 Å². The molecule has 1 amide bonds. The highest BCUT2D eigenvalue weighted by molar-refractivity contribution is 9.10. The van der Waals surface area contributed by atoms with Gasteiger partial charge in [0, 0.05) is 16.8 Å². The molecule has 122 valence electrons. The van der Waals surface area contributed by atoms with Crippen molar-refractivity contribution in [3.05, 3.63) is 74.5 Å². The Morgan fingerprint density at radius 2 is 1.79 bits per heavy atom. The first-order chi connectivity index (χ1) is 11.5. The van der Waals surface area contributed by atoms with E-state index in [2.05, 4.69) is 21.2 Å². The molecule has 1 N–H and O–H groups in total. The first-order valence-corrected chi connectivity index (χ1v) is 8.41. The predicted molar refractivity (Wildman–Crippen MR) is 100 cm³/mol. The maximum atomic E-state index is 12.5. The third kappa shape index (κ3) is 2.99. The number of amides is 1. The summed E-state index contributed by atoms with van der Waals surface area (Å²) in [6, 6.07) is 14.9. The molecule has 0 saturated carbocycles. The molecule has 0 bridgehead atoms. The summed E-state index contributed by atoms with van der Waals surface area (Å²) in [5, 5.41) is 3.49. The summed E-state index contributed by atoms with van der Waals surface area (Å²) in [5.41, 5.74) is 3.20. The quantitative estimate of drug-likeness (QED) is 0.741. The Balaban J connectivity index is 2.06. The molecule has 0 saturated heterocycles. The molecule has 0 atom stereocenters. The van der Waals surface area contributed by atoms with E-state index < -0.39 is 0 Å². The molecular weight excluding hydrogens is 368 g/mol. The third-order valence-electron chi connectivity index (χ3n) is 4.03. The van der Waals surface area contributed by atoms with E-state index in [0.717, 1.165) is 22.5 Å². The molecule has 0 aliphatic rings. The highest BCUT2D eigenvalue weighted by atomic mass is 79.9. The van der Waals surface area contributed by atoms with Crippen LogP contribution >= 0.6 is 15.9 Å². The molecular formula is C19H17BrN2O2. The largest absolute Gasteiger partial charge is 0.334 e. The number of fused-ring (bicyclic) bond motifs is 1. The number of hydrogen-bond acceptors (Lipinski definition) is 2. The van der Waals surface area contributed by atoms with Crippen LogP contribution in [0.5, 0.6) is 0 Å². The smallest absolute Gasteiger partial charge is 0.244 e. The van der Waals surface area contributed by atoms with Gasteiger partial charge in [0.05, 0.1) is 9.99 Å². The molecule has 0 aliphatic heterocycles. The number of carbonyl (C=O) groups excluding carboxylic acids is 1. The average molecular weight is 385 g/mol. The fraction of sp³-hybridized carbons (Fsp3) is 0.158. The van der Waals surface area contributed by atoms with Gasteiger partial charge in [-0.05, 0) is 53.5 Å². The SMILES string of the molecule is Cc1cccc2c(=O)c(Br)c(C)n(CC(=O)Nc3ccccc3)c12. The van der Waals surface area contributed by atoms with Crippen LogP contribution in [0.4, 0.5) is 5.69 Å². The summed E-state index contributed by atoms with van der Waals surface area (Å²) in [4.78, 5) is 24.9. The molecule has 0 spiro atoms. The predicted octanol–water partition coefficient (Wildman–Crippen LogP) is 4.02. The zero-order valence-electron chi connectivity index (χ0n) is 13.5. The van der Waals surface area contributed by atoms with Crippen molar-refractivity contribution in [3.63, 3.8) is 0 Å². The van der Waals surface area contributed by atoms with E-state index in [1.165, 1.54) is 0 Å². The summed E-state index contributed by atoms with van der Waals surface area (Å²) in [6.07, 6.45) is 0. The molecule has 0 aliphatic carbocycles. The Labute approximate surface area is 148 Å². The highest BCUT2D eigenvalue weighted by Crippen LogP contribution is 2.22. The number of nitrogens with zero attached hydrogens (tertiary/aromatic N) is 1. The number of nitrogens with one attached hydrogen (secondary N) is 1. The topological polar surface area (TPSA) is 51.1 Å². The minimum atomic E-state index is -0.135. The van der Waals surface area contributed by atoms with E-state index in [-0.39, 0.29) is 17.9 Å². The number of pyridine rings is 1. The summed E-state index contributed by atoms with van der Waals surface area (Å²) in [7, 11) is 0. The number of aryl methyl sites for hydroxylation is 1. The zero-order chi connectivity index (χ0) is 17.3. The van der Waals surface area contributed by atoms with Crippen LogP contribution in [0.1, 0.15) is 11.3 Å². The molecule has 4 nitrogen and oxygen atoms in total. The monoisotopic (exact) mass is 384 g/mol. The molecule has 24 heavy (non-hydrogen) atoms. The average Bonchev–Trinajstić information content (AvgIpc) is 2.57. The van der Waals surface area contributed by atoms with E-state index in [1.807, 2.05) is 60.9 Å². The zero-order valence-corrected chi connectivity index (χ0v) is 15.1. The van der Waals surface area contributed by atoms with Crippen LogP contribution < -0.4 is 10.7 Å². The van der Waals surface area contributed by atoms with Gasteiger partial charge in [0.1, 0.15) is 6.54 Å². The summed E-state index contributed by atoms with van der Waals surface area (Å²) >= 11 is 3.37. The van der Waals surface area contributed by atoms with Crippen LogP contribution in [-0.2, 0) is 11.3 Å². The lowest BCUT2D eigenvalue weighted by Gasteiger charge is -2.17. The van der Waals surface area contributed by atoms with Gasteiger partial charge in [-0.1, -0.05) is 30.3 Å². The number of para-hydroxylation sites is 2. The van der Waals surface area contributed by atoms with E-state index in [9.17, 15) is 9.59 Å². The second-order valence-electron chi connectivity index (χ2n) is 5.70. The molecule has 1 heterocycles. The van der Waals surface area contributed by atoms with Gasteiger partial charge in [0.2, 0.25) is 11.3 Å². The maximum absolute atomic E-state index is 12.5. The van der Waals surface area contributed by atoms with Gasteiger partial charge in [0.15, 0.2) is 0 Å². The summed E-state index contributed by atoms with van der Waals surface area (Å²) in [6.45, 7) is 3.93. The minimum Gasteiger partial charge on any atom is -0.334 e. The first-order valence-electron chi connectivity index (χ1n) is 7.62. The van der Waals surface area contributed by atoms with Gasteiger partial charge >= 0.3 is 0 Å². The van der Waals surface area contributed by atoms with Crippen LogP contribution in [-0.4, -0.2) is 10.5 Å². The number of benzene rings is 2. The minimum absolute atomic E-state index is 0.0501. The highest BCUT2D eigenvalue weighted by Gasteiger charge is 2.15. The van der Waals surface area contributed by atoms with Crippen molar-refractivity contribution in [2.24, 2.45) is 0 Å². The standard InChI is InChI=1S/C19H17BrN2O2/c1-12-7-6-10-15-18(12)22(13(2)17(20)19(15)24)11-16(23)21-14-8-4-3-5-9-14/h3-10H,11H2,1-2H3,(H,21,23). The van der Waals surface area contributed by atoms with Crippen LogP contribution in [0.3, 0.4) is 0 Å². The second kappa shape index (κ2) is 6.61. The number of anilines is 1. The summed E-state index contributed by atoms with van der Waals surface area (Å²) in [5.74, 6) is -0.135. The van der Waals surface area contributed by atoms with Crippen molar-refractivity contribution < 1.29 is 4.79 Å². The van der Waals surface area contributed by atoms with Gasteiger partial charge < -0.3 is 9.88 Å². The normalized spacial score (nSPS) is 10.8. The lowest BCUT2D eigenvalue weighted by molar-refractivity contribution is -0.116. The van der Waals surface area contributed by atoms with E-state index in [4.69, 9.17) is 0 Å². The Bertz CT molecular complexity index is 978. The van der Waals surface area contributed by atoms with Crippen LogP contribution in [0.15, 0.2) is 57.8 Å². The van der Waals surface area contributed by atoms with Crippen LogP contribution in [0, 0.1) is 13.8 Å². The van der Waals surface area contributed by atoms with Gasteiger partial charge in [-0.15, -0.1) is 0 Å². The second-order valence-corrected chi connectivity index (χ2v) is 6.49. The van der Waals surface area contributed by atoms with E-state index in [0.29, 0.717) is 9.86 Å². The Morgan fingerprint density at radius 3 is 2.50 bits per heavy atom. The van der Waals surface area contributed by atoms with Crippen LogP contribution in [0.25, 0.3) is 10.9 Å². The third-order valence-corrected chi connectivity index (χ3v) is 4.97. The number of aromatic nitrogens is 1.